The minimum absolute atomic E-state index is 0.0949. The zero-order valence-electron chi connectivity index (χ0n) is 11.0. The molecule has 1 aromatic heterocycles. The van der Waals surface area contributed by atoms with Gasteiger partial charge in [-0.1, -0.05) is 18.2 Å². The van der Waals surface area contributed by atoms with Crippen LogP contribution in [0.15, 0.2) is 34.9 Å². The molecule has 1 aromatic carbocycles. The Morgan fingerprint density at radius 3 is 2.89 bits per heavy atom. The molecule has 0 fully saturated rings. The number of rotatable bonds is 5. The van der Waals surface area contributed by atoms with E-state index in [-0.39, 0.29) is 11.8 Å². The summed E-state index contributed by atoms with van der Waals surface area (Å²) in [5.41, 5.74) is 1.05. The Balaban J connectivity index is 1.88. The summed E-state index contributed by atoms with van der Waals surface area (Å²) in [5, 5.41) is 2.76. The van der Waals surface area contributed by atoms with Crippen LogP contribution in [-0.2, 0) is 6.42 Å². The normalized spacial score (nSPS) is 10.2. The number of benzene rings is 1. The SMILES string of the molecule is COc1ccccc1CCNC(=O)c1ncc(C)o1. The maximum atomic E-state index is 11.7. The van der Waals surface area contributed by atoms with Gasteiger partial charge >= 0.3 is 5.91 Å². The first-order valence-corrected chi connectivity index (χ1v) is 6.03. The van der Waals surface area contributed by atoms with Crippen molar-refractivity contribution in [3.05, 3.63) is 47.7 Å². The number of aryl methyl sites for hydroxylation is 1. The number of oxazole rings is 1. The van der Waals surface area contributed by atoms with Crippen molar-refractivity contribution in [1.82, 2.24) is 10.3 Å². The first kappa shape index (κ1) is 13.1. The Morgan fingerprint density at radius 1 is 1.42 bits per heavy atom. The molecule has 0 saturated carbocycles. The molecule has 19 heavy (non-hydrogen) atoms. The maximum Gasteiger partial charge on any atom is 0.307 e. The van der Waals surface area contributed by atoms with Gasteiger partial charge in [0.1, 0.15) is 11.5 Å². The van der Waals surface area contributed by atoms with E-state index < -0.39 is 0 Å². The quantitative estimate of drug-likeness (QED) is 0.892. The lowest BCUT2D eigenvalue weighted by atomic mass is 10.1. The van der Waals surface area contributed by atoms with E-state index in [2.05, 4.69) is 10.3 Å². The minimum atomic E-state index is -0.303. The summed E-state index contributed by atoms with van der Waals surface area (Å²) in [6.45, 7) is 2.25. The average molecular weight is 260 g/mol. The molecule has 0 bridgehead atoms. The average Bonchev–Trinajstić information content (AvgIpc) is 2.86. The van der Waals surface area contributed by atoms with E-state index >= 15 is 0 Å². The van der Waals surface area contributed by atoms with Crippen LogP contribution < -0.4 is 10.1 Å². The molecular weight excluding hydrogens is 244 g/mol. The molecule has 2 rings (SSSR count). The van der Waals surface area contributed by atoms with Crippen LogP contribution in [0.5, 0.6) is 5.75 Å². The molecule has 1 heterocycles. The van der Waals surface area contributed by atoms with E-state index in [9.17, 15) is 4.79 Å². The lowest BCUT2D eigenvalue weighted by Gasteiger charge is -2.08. The van der Waals surface area contributed by atoms with Gasteiger partial charge in [0.2, 0.25) is 0 Å². The van der Waals surface area contributed by atoms with E-state index in [0.717, 1.165) is 11.3 Å². The highest BCUT2D eigenvalue weighted by Gasteiger charge is 2.11. The van der Waals surface area contributed by atoms with Gasteiger partial charge in [0.05, 0.1) is 13.3 Å². The van der Waals surface area contributed by atoms with Crippen molar-refractivity contribution >= 4 is 5.91 Å². The Kier molecular flexibility index (Phi) is 4.18. The summed E-state index contributed by atoms with van der Waals surface area (Å²) < 4.78 is 10.4. The van der Waals surface area contributed by atoms with E-state index in [4.69, 9.17) is 9.15 Å². The summed E-state index contributed by atoms with van der Waals surface area (Å²) >= 11 is 0. The van der Waals surface area contributed by atoms with Gasteiger partial charge in [-0.2, -0.15) is 0 Å². The van der Waals surface area contributed by atoms with Gasteiger partial charge < -0.3 is 14.5 Å². The molecule has 2 aromatic rings. The van der Waals surface area contributed by atoms with Gasteiger partial charge in [0, 0.05) is 6.54 Å². The number of amides is 1. The second-order valence-electron chi connectivity index (χ2n) is 4.09. The molecule has 0 unspecified atom stereocenters. The van der Waals surface area contributed by atoms with Gasteiger partial charge in [-0.05, 0) is 25.0 Å². The van der Waals surface area contributed by atoms with Crippen molar-refractivity contribution in [3.8, 4) is 5.75 Å². The van der Waals surface area contributed by atoms with Gasteiger partial charge in [-0.3, -0.25) is 4.79 Å². The maximum absolute atomic E-state index is 11.7. The van der Waals surface area contributed by atoms with Crippen LogP contribution >= 0.6 is 0 Å². The molecule has 0 spiro atoms. The number of nitrogens with zero attached hydrogens (tertiary/aromatic N) is 1. The molecule has 1 amide bonds. The smallest absolute Gasteiger partial charge is 0.307 e. The third-order valence-electron chi connectivity index (χ3n) is 2.69. The number of ether oxygens (including phenoxy) is 1. The van der Waals surface area contributed by atoms with E-state index in [1.165, 1.54) is 6.20 Å². The highest BCUT2D eigenvalue weighted by atomic mass is 16.5. The second kappa shape index (κ2) is 6.04. The number of carbonyl (C=O) groups is 1. The number of para-hydroxylation sites is 1. The minimum Gasteiger partial charge on any atom is -0.496 e. The Bertz CT molecular complexity index is 563. The zero-order valence-corrected chi connectivity index (χ0v) is 11.0. The zero-order chi connectivity index (χ0) is 13.7. The molecule has 0 aliphatic heterocycles. The molecule has 1 N–H and O–H groups in total. The van der Waals surface area contributed by atoms with Gasteiger partial charge in [-0.15, -0.1) is 0 Å². The predicted octanol–water partition coefficient (Wildman–Crippen LogP) is 1.96. The topological polar surface area (TPSA) is 64.4 Å². The number of methoxy groups -OCH3 is 1. The van der Waals surface area contributed by atoms with Crippen LogP contribution in [-0.4, -0.2) is 24.5 Å². The van der Waals surface area contributed by atoms with Crippen LogP contribution in [0.25, 0.3) is 0 Å². The Labute approximate surface area is 111 Å². The fraction of sp³-hybridized carbons (Fsp3) is 0.286. The number of carbonyl (C=O) groups excluding carboxylic acids is 1. The molecule has 100 valence electrons. The Hall–Kier alpha value is -2.30. The third kappa shape index (κ3) is 3.34. The first-order valence-electron chi connectivity index (χ1n) is 6.03. The summed E-state index contributed by atoms with van der Waals surface area (Å²) in [7, 11) is 1.63. The van der Waals surface area contributed by atoms with E-state index in [0.29, 0.717) is 18.7 Å². The summed E-state index contributed by atoms with van der Waals surface area (Å²) in [6.07, 6.45) is 2.21. The van der Waals surface area contributed by atoms with Gasteiger partial charge in [0.15, 0.2) is 0 Å². The van der Waals surface area contributed by atoms with Crippen molar-refractivity contribution in [2.75, 3.05) is 13.7 Å². The van der Waals surface area contributed by atoms with Crippen molar-refractivity contribution in [3.63, 3.8) is 0 Å². The molecule has 0 aliphatic rings. The summed E-state index contributed by atoms with van der Waals surface area (Å²) in [4.78, 5) is 15.6. The fourth-order valence-corrected chi connectivity index (χ4v) is 1.76. The summed E-state index contributed by atoms with van der Waals surface area (Å²) in [5.74, 6) is 1.24. The van der Waals surface area contributed by atoms with E-state index in [1.807, 2.05) is 24.3 Å². The predicted molar refractivity (Wildman–Crippen MR) is 70.3 cm³/mol. The second-order valence-corrected chi connectivity index (χ2v) is 4.09. The number of aromatic nitrogens is 1. The van der Waals surface area contributed by atoms with Crippen molar-refractivity contribution in [2.24, 2.45) is 0 Å². The fourth-order valence-electron chi connectivity index (χ4n) is 1.76. The highest BCUT2D eigenvalue weighted by Crippen LogP contribution is 2.17. The van der Waals surface area contributed by atoms with Crippen molar-refractivity contribution in [2.45, 2.75) is 13.3 Å². The van der Waals surface area contributed by atoms with Crippen LogP contribution in [0.4, 0.5) is 0 Å². The van der Waals surface area contributed by atoms with E-state index in [1.54, 1.807) is 14.0 Å². The molecule has 0 aliphatic carbocycles. The summed E-state index contributed by atoms with van der Waals surface area (Å²) in [6, 6.07) is 7.72. The molecule has 0 saturated heterocycles. The molecule has 5 nitrogen and oxygen atoms in total. The standard InChI is InChI=1S/C14H16N2O3/c1-10-9-16-14(19-10)13(17)15-8-7-11-5-3-4-6-12(11)18-2/h3-6,9H,7-8H2,1-2H3,(H,15,17). The van der Waals surface area contributed by atoms with Crippen molar-refractivity contribution < 1.29 is 13.9 Å². The monoisotopic (exact) mass is 260 g/mol. The van der Waals surface area contributed by atoms with Gasteiger partial charge in [-0.25, -0.2) is 4.98 Å². The lowest BCUT2D eigenvalue weighted by molar-refractivity contribution is 0.0918. The Morgan fingerprint density at radius 2 is 2.21 bits per heavy atom. The lowest BCUT2D eigenvalue weighted by Crippen LogP contribution is -2.26. The van der Waals surface area contributed by atoms with Crippen LogP contribution in [0.2, 0.25) is 0 Å². The number of hydrogen-bond acceptors (Lipinski definition) is 4. The third-order valence-corrected chi connectivity index (χ3v) is 2.69. The number of hydrogen-bond donors (Lipinski definition) is 1. The molecule has 5 heteroatoms. The highest BCUT2D eigenvalue weighted by molar-refractivity contribution is 5.89. The van der Waals surface area contributed by atoms with Crippen LogP contribution in [0.1, 0.15) is 22.0 Å². The van der Waals surface area contributed by atoms with Crippen LogP contribution in [0, 0.1) is 6.92 Å². The molecule has 0 atom stereocenters. The first-order chi connectivity index (χ1) is 9.20. The molecule has 0 radical (unpaired) electrons. The van der Waals surface area contributed by atoms with Gasteiger partial charge in [0.25, 0.3) is 5.89 Å². The number of nitrogens with one attached hydrogen (secondary N) is 1. The molecular formula is C14H16N2O3. The largest absolute Gasteiger partial charge is 0.496 e. The van der Waals surface area contributed by atoms with Crippen molar-refractivity contribution in [1.29, 1.82) is 0 Å². The van der Waals surface area contributed by atoms with Crippen LogP contribution in [0.3, 0.4) is 0 Å².